The molecular formula is C20H25BrN2O. The molecule has 24 heavy (non-hydrogen) atoms. The lowest BCUT2D eigenvalue weighted by molar-refractivity contribution is 0.0849. The number of nitrogens with one attached hydrogen (secondary N) is 1. The fourth-order valence-corrected chi connectivity index (χ4v) is 3.85. The number of nitrogens with zero attached hydrogens (tertiary/aromatic N) is 1. The highest BCUT2D eigenvalue weighted by Crippen LogP contribution is 2.21. The fourth-order valence-electron chi connectivity index (χ4n) is 3.43. The number of piperidine rings is 1. The van der Waals surface area contributed by atoms with Crippen LogP contribution in [-0.2, 0) is 13.1 Å². The fraction of sp³-hybridized carbons (Fsp3) is 0.400. The summed E-state index contributed by atoms with van der Waals surface area (Å²) >= 11 is 3.60. The van der Waals surface area contributed by atoms with Crippen molar-refractivity contribution in [2.24, 2.45) is 5.92 Å². The Morgan fingerprint density at radius 2 is 1.83 bits per heavy atom. The molecule has 3 rings (SSSR count). The van der Waals surface area contributed by atoms with Crippen LogP contribution in [0.3, 0.4) is 0 Å². The molecule has 2 N–H and O–H groups in total. The summed E-state index contributed by atoms with van der Waals surface area (Å²) in [5, 5.41) is 13.5. The van der Waals surface area contributed by atoms with Gasteiger partial charge in [-0.1, -0.05) is 64.5 Å². The number of rotatable bonds is 6. The zero-order chi connectivity index (χ0) is 16.8. The number of likely N-dealkylation sites (tertiary alicyclic amines) is 1. The molecule has 4 heteroatoms. The van der Waals surface area contributed by atoms with Gasteiger partial charge in [-0.15, -0.1) is 0 Å². The molecule has 1 aliphatic heterocycles. The second kappa shape index (κ2) is 8.77. The van der Waals surface area contributed by atoms with Gasteiger partial charge in [-0.05, 0) is 30.2 Å². The minimum Gasteiger partial charge on any atom is -0.396 e. The number of aliphatic hydroxyl groups is 1. The summed E-state index contributed by atoms with van der Waals surface area (Å²) in [5.74, 6) is 0.282. The largest absolute Gasteiger partial charge is 0.396 e. The maximum Gasteiger partial charge on any atom is 0.0486 e. The predicted octanol–water partition coefficient (Wildman–Crippen LogP) is 3.42. The second-order valence-corrected chi connectivity index (χ2v) is 7.39. The van der Waals surface area contributed by atoms with E-state index in [2.05, 4.69) is 74.7 Å². The summed E-state index contributed by atoms with van der Waals surface area (Å²) < 4.78 is 1.14. The van der Waals surface area contributed by atoms with E-state index in [0.29, 0.717) is 6.04 Å². The molecule has 2 atom stereocenters. The summed E-state index contributed by atoms with van der Waals surface area (Å²) in [7, 11) is 0. The standard InChI is InChI=1S/C20H25BrN2O/c21-19-9-5-4-8-17(19)12-22-20-10-11-23(14-18(20)15-24)13-16-6-2-1-3-7-16/h1-9,18,20,22,24H,10-15H2. The third-order valence-electron chi connectivity index (χ3n) is 4.81. The molecular weight excluding hydrogens is 364 g/mol. The molecule has 2 unspecified atom stereocenters. The van der Waals surface area contributed by atoms with E-state index < -0.39 is 0 Å². The van der Waals surface area contributed by atoms with Crippen LogP contribution in [0.15, 0.2) is 59.1 Å². The van der Waals surface area contributed by atoms with Gasteiger partial charge >= 0.3 is 0 Å². The zero-order valence-corrected chi connectivity index (χ0v) is 15.5. The highest BCUT2D eigenvalue weighted by atomic mass is 79.9. The lowest BCUT2D eigenvalue weighted by Crippen LogP contribution is -2.50. The van der Waals surface area contributed by atoms with Crippen LogP contribution in [0, 0.1) is 5.92 Å². The number of benzene rings is 2. The Hall–Kier alpha value is -1.20. The molecule has 1 fully saturated rings. The van der Waals surface area contributed by atoms with Crippen molar-refractivity contribution in [2.45, 2.75) is 25.6 Å². The lowest BCUT2D eigenvalue weighted by Gasteiger charge is -2.38. The van der Waals surface area contributed by atoms with Gasteiger partial charge in [0.05, 0.1) is 0 Å². The molecule has 3 nitrogen and oxygen atoms in total. The van der Waals surface area contributed by atoms with Crippen molar-refractivity contribution in [3.63, 3.8) is 0 Å². The molecule has 2 aromatic rings. The summed E-state index contributed by atoms with van der Waals surface area (Å²) in [5.41, 5.74) is 2.61. The first-order valence-corrected chi connectivity index (χ1v) is 9.39. The van der Waals surface area contributed by atoms with E-state index in [4.69, 9.17) is 0 Å². The first-order valence-electron chi connectivity index (χ1n) is 8.60. The molecule has 0 amide bonds. The number of aliphatic hydroxyl groups excluding tert-OH is 1. The Kier molecular flexibility index (Phi) is 6.44. The van der Waals surface area contributed by atoms with Crippen LogP contribution in [0.1, 0.15) is 17.5 Å². The van der Waals surface area contributed by atoms with Crippen molar-refractivity contribution in [2.75, 3.05) is 19.7 Å². The molecule has 0 aliphatic carbocycles. The predicted molar refractivity (Wildman–Crippen MR) is 102 cm³/mol. The molecule has 0 aromatic heterocycles. The van der Waals surface area contributed by atoms with Crippen molar-refractivity contribution in [1.82, 2.24) is 10.2 Å². The molecule has 128 valence electrons. The van der Waals surface area contributed by atoms with Crippen LogP contribution in [0.4, 0.5) is 0 Å². The van der Waals surface area contributed by atoms with Gasteiger partial charge in [0.2, 0.25) is 0 Å². The van der Waals surface area contributed by atoms with Crippen LogP contribution >= 0.6 is 15.9 Å². The van der Waals surface area contributed by atoms with Crippen LogP contribution in [0.2, 0.25) is 0 Å². The number of hydrogen-bond donors (Lipinski definition) is 2. The maximum absolute atomic E-state index is 9.82. The van der Waals surface area contributed by atoms with Gasteiger partial charge in [-0.3, -0.25) is 4.90 Å². The molecule has 1 heterocycles. The maximum atomic E-state index is 9.82. The Balaban J connectivity index is 1.54. The van der Waals surface area contributed by atoms with Gasteiger partial charge < -0.3 is 10.4 Å². The number of halogens is 1. The van der Waals surface area contributed by atoms with Crippen molar-refractivity contribution in [1.29, 1.82) is 0 Å². The van der Waals surface area contributed by atoms with Crippen LogP contribution < -0.4 is 5.32 Å². The Bertz CT molecular complexity index is 635. The van der Waals surface area contributed by atoms with E-state index in [1.807, 2.05) is 6.07 Å². The highest BCUT2D eigenvalue weighted by Gasteiger charge is 2.28. The molecule has 1 aliphatic rings. The number of hydrogen-bond acceptors (Lipinski definition) is 3. The van der Waals surface area contributed by atoms with E-state index in [9.17, 15) is 5.11 Å². The first-order chi connectivity index (χ1) is 11.8. The highest BCUT2D eigenvalue weighted by molar-refractivity contribution is 9.10. The molecule has 1 saturated heterocycles. The van der Waals surface area contributed by atoms with E-state index in [0.717, 1.165) is 37.1 Å². The Morgan fingerprint density at radius 1 is 1.08 bits per heavy atom. The lowest BCUT2D eigenvalue weighted by atomic mass is 9.92. The summed E-state index contributed by atoms with van der Waals surface area (Å²) in [6, 6.07) is 19.2. The quantitative estimate of drug-likeness (QED) is 0.795. The summed E-state index contributed by atoms with van der Waals surface area (Å²) in [6.45, 7) is 4.05. The van der Waals surface area contributed by atoms with Gasteiger partial charge in [0, 0.05) is 42.7 Å². The molecule has 0 radical (unpaired) electrons. The van der Waals surface area contributed by atoms with Crippen molar-refractivity contribution < 1.29 is 5.11 Å². The van der Waals surface area contributed by atoms with Gasteiger partial charge in [0.15, 0.2) is 0 Å². The summed E-state index contributed by atoms with van der Waals surface area (Å²) in [6.07, 6.45) is 1.07. The average molecular weight is 389 g/mol. The molecule has 0 bridgehead atoms. The van der Waals surface area contributed by atoms with E-state index in [1.54, 1.807) is 0 Å². The molecule has 0 spiro atoms. The second-order valence-electron chi connectivity index (χ2n) is 6.53. The van der Waals surface area contributed by atoms with Gasteiger partial charge in [-0.25, -0.2) is 0 Å². The summed E-state index contributed by atoms with van der Waals surface area (Å²) in [4.78, 5) is 2.45. The van der Waals surface area contributed by atoms with Crippen molar-refractivity contribution in [3.8, 4) is 0 Å². The zero-order valence-electron chi connectivity index (χ0n) is 13.9. The van der Waals surface area contributed by atoms with E-state index in [1.165, 1.54) is 11.1 Å². The topological polar surface area (TPSA) is 35.5 Å². The van der Waals surface area contributed by atoms with E-state index >= 15 is 0 Å². The van der Waals surface area contributed by atoms with E-state index in [-0.39, 0.29) is 12.5 Å². The minimum atomic E-state index is 0.235. The Morgan fingerprint density at radius 3 is 2.58 bits per heavy atom. The monoisotopic (exact) mass is 388 g/mol. The Labute approximate surface area is 152 Å². The van der Waals surface area contributed by atoms with Gasteiger partial charge in [-0.2, -0.15) is 0 Å². The van der Waals surface area contributed by atoms with Crippen LogP contribution in [0.25, 0.3) is 0 Å². The average Bonchev–Trinajstić information content (AvgIpc) is 2.62. The van der Waals surface area contributed by atoms with Gasteiger partial charge in [0.25, 0.3) is 0 Å². The molecule has 2 aromatic carbocycles. The van der Waals surface area contributed by atoms with Crippen molar-refractivity contribution in [3.05, 3.63) is 70.2 Å². The van der Waals surface area contributed by atoms with Crippen LogP contribution in [0.5, 0.6) is 0 Å². The minimum absolute atomic E-state index is 0.235. The smallest absolute Gasteiger partial charge is 0.0486 e. The molecule has 0 saturated carbocycles. The van der Waals surface area contributed by atoms with Crippen LogP contribution in [-0.4, -0.2) is 35.7 Å². The normalized spacial score (nSPS) is 21.8. The third kappa shape index (κ3) is 4.67. The van der Waals surface area contributed by atoms with Gasteiger partial charge in [0.1, 0.15) is 0 Å². The van der Waals surface area contributed by atoms with Crippen molar-refractivity contribution >= 4 is 15.9 Å². The first kappa shape index (κ1) is 17.6. The third-order valence-corrected chi connectivity index (χ3v) is 5.59. The SMILES string of the molecule is OCC1CN(Cc2ccccc2)CCC1NCc1ccccc1Br.